The maximum absolute atomic E-state index is 12.7. The fourth-order valence-corrected chi connectivity index (χ4v) is 3.97. The van der Waals surface area contributed by atoms with Crippen molar-refractivity contribution in [3.63, 3.8) is 0 Å². The number of nitrogens with two attached hydrogens (primary N) is 1. The molecule has 1 heterocycles. The molecule has 0 radical (unpaired) electrons. The summed E-state index contributed by atoms with van der Waals surface area (Å²) in [6.07, 6.45) is 3.25. The number of ether oxygens (including phenoxy) is 1. The van der Waals surface area contributed by atoms with Crippen LogP contribution in [0.15, 0.2) is 0 Å². The molecule has 2 rings (SSSR count). The van der Waals surface area contributed by atoms with Crippen molar-refractivity contribution in [1.82, 2.24) is 10.2 Å². The Morgan fingerprint density at radius 3 is 2.74 bits per heavy atom. The largest absolute Gasteiger partial charge is 0.378 e. The Balaban J connectivity index is 1.85. The summed E-state index contributed by atoms with van der Waals surface area (Å²) in [5.74, 6) is 0.718. The maximum atomic E-state index is 12.7. The molecule has 5 heteroatoms. The van der Waals surface area contributed by atoms with Gasteiger partial charge in [0.1, 0.15) is 5.54 Å². The lowest BCUT2D eigenvalue weighted by Crippen LogP contribution is -2.76. The van der Waals surface area contributed by atoms with Crippen LogP contribution < -0.4 is 11.1 Å². The highest BCUT2D eigenvalue weighted by atomic mass is 16.5. The van der Waals surface area contributed by atoms with Gasteiger partial charge in [0, 0.05) is 37.6 Å². The van der Waals surface area contributed by atoms with Crippen molar-refractivity contribution in [2.24, 2.45) is 17.1 Å². The highest BCUT2D eigenvalue weighted by Crippen LogP contribution is 2.49. The zero-order chi connectivity index (χ0) is 17.3. The Kier molecular flexibility index (Phi) is 5.75. The van der Waals surface area contributed by atoms with Gasteiger partial charge in [-0.05, 0) is 39.2 Å². The molecule has 1 aliphatic heterocycles. The second kappa shape index (κ2) is 7.08. The molecular weight excluding hydrogens is 290 g/mol. The van der Waals surface area contributed by atoms with Crippen molar-refractivity contribution in [2.45, 2.75) is 71.6 Å². The van der Waals surface area contributed by atoms with E-state index in [9.17, 15) is 4.79 Å². The molecule has 4 unspecified atom stereocenters. The van der Waals surface area contributed by atoms with E-state index in [1.807, 2.05) is 20.8 Å². The number of amides is 1. The predicted octanol–water partition coefficient (Wildman–Crippen LogP) is 1.76. The molecule has 0 bridgehead atoms. The molecular formula is C18H35N3O2. The van der Waals surface area contributed by atoms with E-state index in [0.717, 1.165) is 19.0 Å². The molecule has 0 spiro atoms. The van der Waals surface area contributed by atoms with Crippen LogP contribution in [-0.4, -0.2) is 54.7 Å². The summed E-state index contributed by atoms with van der Waals surface area (Å²) in [5, 5.41) is 3.09. The second-order valence-corrected chi connectivity index (χ2v) is 8.14. The van der Waals surface area contributed by atoms with Gasteiger partial charge in [0.25, 0.3) is 0 Å². The molecule has 1 aliphatic carbocycles. The summed E-state index contributed by atoms with van der Waals surface area (Å²) in [7, 11) is 0. The van der Waals surface area contributed by atoms with Gasteiger partial charge < -0.3 is 15.8 Å². The summed E-state index contributed by atoms with van der Waals surface area (Å²) in [6, 6.07) is 0.358. The standard InChI is InChI=1S/C18H35N3O2/c1-6-23-15-10-18(19,17(15,4)5)16(22)20-11-14(3)21-9-7-8-13(2)12-21/h13-15H,6-12,19H2,1-5H3,(H,20,22). The van der Waals surface area contributed by atoms with Crippen LogP contribution in [0.2, 0.25) is 0 Å². The third-order valence-corrected chi connectivity index (χ3v) is 6.10. The van der Waals surface area contributed by atoms with Gasteiger partial charge in [-0.2, -0.15) is 0 Å². The van der Waals surface area contributed by atoms with Crippen LogP contribution in [0, 0.1) is 11.3 Å². The maximum Gasteiger partial charge on any atom is 0.240 e. The Labute approximate surface area is 141 Å². The third kappa shape index (κ3) is 3.57. The molecule has 1 saturated carbocycles. The number of piperidine rings is 1. The van der Waals surface area contributed by atoms with E-state index in [-0.39, 0.29) is 17.4 Å². The van der Waals surface area contributed by atoms with Gasteiger partial charge in [0.15, 0.2) is 0 Å². The number of likely N-dealkylation sites (tertiary alicyclic amines) is 1. The van der Waals surface area contributed by atoms with E-state index < -0.39 is 5.54 Å². The topological polar surface area (TPSA) is 67.6 Å². The summed E-state index contributed by atoms with van der Waals surface area (Å²) in [5.41, 5.74) is 5.28. The van der Waals surface area contributed by atoms with Crippen LogP contribution in [0.3, 0.4) is 0 Å². The minimum Gasteiger partial charge on any atom is -0.378 e. The fourth-order valence-electron chi connectivity index (χ4n) is 3.97. The van der Waals surface area contributed by atoms with E-state index in [0.29, 0.717) is 25.6 Å². The molecule has 5 nitrogen and oxygen atoms in total. The number of hydrogen-bond acceptors (Lipinski definition) is 4. The van der Waals surface area contributed by atoms with E-state index in [1.54, 1.807) is 0 Å². The molecule has 0 aromatic rings. The first kappa shape index (κ1) is 18.7. The molecule has 134 valence electrons. The SMILES string of the molecule is CCOC1CC(N)(C(=O)NCC(C)N2CCCC(C)C2)C1(C)C. The van der Waals surface area contributed by atoms with Gasteiger partial charge in [-0.25, -0.2) is 0 Å². The molecule has 3 N–H and O–H groups in total. The monoisotopic (exact) mass is 325 g/mol. The molecule has 1 amide bonds. The summed E-state index contributed by atoms with van der Waals surface area (Å²) in [4.78, 5) is 15.1. The van der Waals surface area contributed by atoms with Crippen LogP contribution in [0.4, 0.5) is 0 Å². The van der Waals surface area contributed by atoms with Crippen molar-refractivity contribution >= 4 is 5.91 Å². The van der Waals surface area contributed by atoms with Crippen molar-refractivity contribution in [3.05, 3.63) is 0 Å². The molecule has 2 fully saturated rings. The number of nitrogens with one attached hydrogen (secondary N) is 1. The highest BCUT2D eigenvalue weighted by Gasteiger charge is 2.62. The number of carbonyl (C=O) groups is 1. The quantitative estimate of drug-likeness (QED) is 0.781. The van der Waals surface area contributed by atoms with Crippen molar-refractivity contribution in [2.75, 3.05) is 26.2 Å². The van der Waals surface area contributed by atoms with Crippen LogP contribution in [0.25, 0.3) is 0 Å². The average molecular weight is 325 g/mol. The summed E-state index contributed by atoms with van der Waals surface area (Å²) in [6.45, 7) is 14.1. The Hall–Kier alpha value is -0.650. The van der Waals surface area contributed by atoms with Gasteiger partial charge >= 0.3 is 0 Å². The van der Waals surface area contributed by atoms with Crippen LogP contribution >= 0.6 is 0 Å². The van der Waals surface area contributed by atoms with E-state index in [4.69, 9.17) is 10.5 Å². The zero-order valence-electron chi connectivity index (χ0n) is 15.5. The number of carbonyl (C=O) groups excluding carboxylic acids is 1. The van der Waals surface area contributed by atoms with Gasteiger partial charge in [-0.3, -0.25) is 9.69 Å². The molecule has 0 aromatic heterocycles. The predicted molar refractivity (Wildman–Crippen MR) is 93.2 cm³/mol. The first-order chi connectivity index (χ1) is 10.7. The van der Waals surface area contributed by atoms with E-state index in [2.05, 4.69) is 24.1 Å². The molecule has 1 saturated heterocycles. The van der Waals surface area contributed by atoms with Crippen molar-refractivity contribution in [3.8, 4) is 0 Å². The normalized spacial score (nSPS) is 35.4. The Bertz CT molecular complexity index is 426. The fraction of sp³-hybridized carbons (Fsp3) is 0.944. The number of rotatable bonds is 6. The van der Waals surface area contributed by atoms with Crippen LogP contribution in [0.5, 0.6) is 0 Å². The van der Waals surface area contributed by atoms with E-state index in [1.165, 1.54) is 12.8 Å². The number of nitrogens with zero attached hydrogens (tertiary/aromatic N) is 1. The smallest absolute Gasteiger partial charge is 0.240 e. The minimum absolute atomic E-state index is 0.0321. The van der Waals surface area contributed by atoms with Gasteiger partial charge in [-0.15, -0.1) is 0 Å². The third-order valence-electron chi connectivity index (χ3n) is 6.10. The first-order valence-corrected chi connectivity index (χ1v) is 9.15. The van der Waals surface area contributed by atoms with Crippen molar-refractivity contribution in [1.29, 1.82) is 0 Å². The highest BCUT2D eigenvalue weighted by molar-refractivity contribution is 5.88. The summed E-state index contributed by atoms with van der Waals surface area (Å²) < 4.78 is 5.70. The lowest BCUT2D eigenvalue weighted by molar-refractivity contribution is -0.170. The van der Waals surface area contributed by atoms with Crippen molar-refractivity contribution < 1.29 is 9.53 Å². The molecule has 2 aliphatic rings. The summed E-state index contributed by atoms with van der Waals surface area (Å²) >= 11 is 0. The van der Waals surface area contributed by atoms with Gasteiger partial charge in [-0.1, -0.05) is 20.8 Å². The number of hydrogen-bond donors (Lipinski definition) is 2. The minimum atomic E-state index is -0.818. The first-order valence-electron chi connectivity index (χ1n) is 9.15. The van der Waals surface area contributed by atoms with Crippen LogP contribution in [0.1, 0.15) is 53.9 Å². The Morgan fingerprint density at radius 1 is 1.48 bits per heavy atom. The van der Waals surface area contributed by atoms with Gasteiger partial charge in [0.2, 0.25) is 5.91 Å². The van der Waals surface area contributed by atoms with E-state index >= 15 is 0 Å². The molecule has 23 heavy (non-hydrogen) atoms. The molecule has 4 atom stereocenters. The second-order valence-electron chi connectivity index (χ2n) is 8.14. The lowest BCUT2D eigenvalue weighted by atomic mass is 9.54. The van der Waals surface area contributed by atoms with Gasteiger partial charge in [0.05, 0.1) is 6.10 Å². The lowest BCUT2D eigenvalue weighted by Gasteiger charge is -2.57. The molecule has 0 aromatic carbocycles. The average Bonchev–Trinajstić information content (AvgIpc) is 2.51. The van der Waals surface area contributed by atoms with Crippen LogP contribution in [-0.2, 0) is 9.53 Å². The Morgan fingerprint density at radius 2 is 2.17 bits per heavy atom. The zero-order valence-corrected chi connectivity index (χ0v) is 15.5.